The van der Waals surface area contributed by atoms with Crippen LogP contribution in [0.2, 0.25) is 0 Å². The van der Waals surface area contributed by atoms with Gasteiger partial charge in [-0.2, -0.15) is 0 Å². The van der Waals surface area contributed by atoms with Crippen molar-refractivity contribution in [1.29, 1.82) is 0 Å². The number of aromatic nitrogens is 1. The van der Waals surface area contributed by atoms with Crippen molar-refractivity contribution in [3.8, 4) is 17.6 Å². The number of nitrogens with one attached hydrogen (secondary N) is 1. The molecular weight excluding hydrogens is 240 g/mol. The number of rotatable bonds is 5. The van der Waals surface area contributed by atoms with Gasteiger partial charge in [0.1, 0.15) is 12.4 Å². The molecule has 0 aliphatic rings. The Morgan fingerprint density at radius 2 is 2.21 bits per heavy atom. The van der Waals surface area contributed by atoms with Crippen molar-refractivity contribution in [3.05, 3.63) is 24.0 Å². The van der Waals surface area contributed by atoms with Crippen molar-refractivity contribution < 1.29 is 9.53 Å². The minimum Gasteiger partial charge on any atom is -0.479 e. The smallest absolute Gasteiger partial charge is 0.221 e. The van der Waals surface area contributed by atoms with Crippen LogP contribution in [0.1, 0.15) is 26.0 Å². The highest BCUT2D eigenvalue weighted by Crippen LogP contribution is 2.07. The Bertz CT molecular complexity index is 455. The van der Waals surface area contributed by atoms with Gasteiger partial charge in [-0.1, -0.05) is 25.7 Å². The molecule has 1 rings (SSSR count). The highest BCUT2D eigenvalue weighted by atomic mass is 16.5. The number of carbonyl (C=O) groups excluding carboxylic acids is 1. The summed E-state index contributed by atoms with van der Waals surface area (Å²) in [4.78, 5) is 15.4. The Labute approximate surface area is 114 Å². The van der Waals surface area contributed by atoms with Crippen LogP contribution < -0.4 is 10.1 Å². The van der Waals surface area contributed by atoms with E-state index in [-0.39, 0.29) is 5.91 Å². The first-order chi connectivity index (χ1) is 9.08. The monoisotopic (exact) mass is 260 g/mol. The fourth-order valence-electron chi connectivity index (χ4n) is 1.36. The molecule has 0 atom stereocenters. The van der Waals surface area contributed by atoms with Crippen molar-refractivity contribution in [1.82, 2.24) is 10.3 Å². The Morgan fingerprint density at radius 3 is 2.84 bits per heavy atom. The molecule has 0 aliphatic carbocycles. The van der Waals surface area contributed by atoms with Crippen molar-refractivity contribution >= 4 is 5.91 Å². The lowest BCUT2D eigenvalue weighted by molar-refractivity contribution is -0.121. The topological polar surface area (TPSA) is 51.2 Å². The van der Waals surface area contributed by atoms with Gasteiger partial charge in [0.2, 0.25) is 5.91 Å². The molecular formula is C15H20N2O2. The summed E-state index contributed by atoms with van der Waals surface area (Å²) in [6.45, 7) is 6.60. The Balaban J connectivity index is 2.18. The number of hydrogen-bond acceptors (Lipinski definition) is 3. The number of amides is 1. The molecule has 0 saturated carbocycles. The number of pyridine rings is 1. The van der Waals surface area contributed by atoms with Gasteiger partial charge in [0.25, 0.3) is 0 Å². The molecule has 19 heavy (non-hydrogen) atoms. The van der Waals surface area contributed by atoms with E-state index in [1.807, 2.05) is 32.9 Å². The first-order valence-corrected chi connectivity index (χ1v) is 6.36. The largest absolute Gasteiger partial charge is 0.479 e. The molecule has 0 spiro atoms. The van der Waals surface area contributed by atoms with E-state index in [1.54, 1.807) is 6.20 Å². The van der Waals surface area contributed by atoms with Crippen LogP contribution in [-0.2, 0) is 4.79 Å². The molecule has 1 N–H and O–H groups in total. The summed E-state index contributed by atoms with van der Waals surface area (Å²) in [5.41, 5.74) is 0.950. The standard InChI is InChI=1S/C15H20N2O2/c1-12(2)10-15(18)16-8-4-5-9-19-14-7-6-13(3)17-11-14/h6-7,11-12H,8-10H2,1-3H3,(H,16,18). The molecule has 1 aromatic heterocycles. The number of hydrogen-bond donors (Lipinski definition) is 1. The fourth-order valence-corrected chi connectivity index (χ4v) is 1.36. The molecule has 102 valence electrons. The Hall–Kier alpha value is -2.02. The summed E-state index contributed by atoms with van der Waals surface area (Å²) >= 11 is 0. The second-order valence-electron chi connectivity index (χ2n) is 4.65. The zero-order valence-corrected chi connectivity index (χ0v) is 11.7. The van der Waals surface area contributed by atoms with Gasteiger partial charge in [-0.15, -0.1) is 0 Å². The van der Waals surface area contributed by atoms with Gasteiger partial charge in [-0.25, -0.2) is 0 Å². The predicted octanol–water partition coefficient (Wildman–Crippen LogP) is 1.93. The molecule has 1 heterocycles. The minimum absolute atomic E-state index is 0.0351. The van der Waals surface area contributed by atoms with Crippen LogP contribution in [0.3, 0.4) is 0 Å². The van der Waals surface area contributed by atoms with Crippen LogP contribution in [0.15, 0.2) is 18.3 Å². The van der Waals surface area contributed by atoms with Gasteiger partial charge < -0.3 is 10.1 Å². The van der Waals surface area contributed by atoms with Gasteiger partial charge in [-0.3, -0.25) is 9.78 Å². The molecule has 1 aromatic rings. The first kappa shape index (κ1) is 15.0. The lowest BCUT2D eigenvalue weighted by atomic mass is 10.1. The normalized spacial score (nSPS) is 9.68. The van der Waals surface area contributed by atoms with Crippen molar-refractivity contribution in [2.45, 2.75) is 27.2 Å². The van der Waals surface area contributed by atoms with E-state index in [2.05, 4.69) is 22.1 Å². The third-order valence-corrected chi connectivity index (χ3v) is 2.29. The summed E-state index contributed by atoms with van der Waals surface area (Å²) in [6.07, 6.45) is 2.20. The summed E-state index contributed by atoms with van der Waals surface area (Å²) in [5.74, 6) is 6.79. The van der Waals surface area contributed by atoms with E-state index < -0.39 is 0 Å². The number of nitrogens with zero attached hydrogens (tertiary/aromatic N) is 1. The Kier molecular flexibility index (Phi) is 6.45. The van der Waals surface area contributed by atoms with E-state index in [0.29, 0.717) is 31.2 Å². The maximum absolute atomic E-state index is 11.3. The zero-order chi connectivity index (χ0) is 14.1. The molecule has 0 aliphatic heterocycles. The summed E-state index contributed by atoms with van der Waals surface area (Å²) < 4.78 is 5.38. The third kappa shape index (κ3) is 7.10. The second kappa shape index (κ2) is 8.15. The van der Waals surface area contributed by atoms with E-state index >= 15 is 0 Å². The van der Waals surface area contributed by atoms with Crippen LogP contribution in [0.4, 0.5) is 0 Å². The van der Waals surface area contributed by atoms with Crippen LogP contribution in [0.5, 0.6) is 5.75 Å². The lowest BCUT2D eigenvalue weighted by Crippen LogP contribution is -2.24. The van der Waals surface area contributed by atoms with E-state index in [9.17, 15) is 4.79 Å². The highest BCUT2D eigenvalue weighted by molar-refractivity contribution is 5.76. The lowest BCUT2D eigenvalue weighted by Gasteiger charge is -2.03. The summed E-state index contributed by atoms with van der Waals surface area (Å²) in [7, 11) is 0. The van der Waals surface area contributed by atoms with E-state index in [4.69, 9.17) is 4.74 Å². The van der Waals surface area contributed by atoms with Crippen LogP contribution in [0, 0.1) is 24.7 Å². The predicted molar refractivity (Wildman–Crippen MR) is 74.7 cm³/mol. The third-order valence-electron chi connectivity index (χ3n) is 2.29. The van der Waals surface area contributed by atoms with Gasteiger partial charge in [0, 0.05) is 12.1 Å². The fraction of sp³-hybridized carbons (Fsp3) is 0.467. The highest BCUT2D eigenvalue weighted by Gasteiger charge is 2.01. The SMILES string of the molecule is Cc1ccc(OCC#CCNC(=O)CC(C)C)cn1. The molecule has 0 bridgehead atoms. The maximum Gasteiger partial charge on any atom is 0.221 e. The molecule has 4 heteroatoms. The van der Waals surface area contributed by atoms with Crippen molar-refractivity contribution in [2.24, 2.45) is 5.92 Å². The van der Waals surface area contributed by atoms with Crippen molar-refractivity contribution in [3.63, 3.8) is 0 Å². The molecule has 4 nitrogen and oxygen atoms in total. The number of ether oxygens (including phenoxy) is 1. The quantitative estimate of drug-likeness (QED) is 0.823. The van der Waals surface area contributed by atoms with E-state index in [0.717, 1.165) is 5.69 Å². The average molecular weight is 260 g/mol. The maximum atomic E-state index is 11.3. The zero-order valence-electron chi connectivity index (χ0n) is 11.7. The minimum atomic E-state index is 0.0351. The molecule has 0 unspecified atom stereocenters. The van der Waals surface area contributed by atoms with Gasteiger partial charge >= 0.3 is 0 Å². The van der Waals surface area contributed by atoms with Crippen LogP contribution in [0.25, 0.3) is 0 Å². The molecule has 0 radical (unpaired) electrons. The molecule has 0 aromatic carbocycles. The molecule has 0 fully saturated rings. The van der Waals surface area contributed by atoms with Crippen molar-refractivity contribution in [2.75, 3.05) is 13.2 Å². The molecule has 0 saturated heterocycles. The summed E-state index contributed by atoms with van der Waals surface area (Å²) in [6, 6.07) is 3.74. The van der Waals surface area contributed by atoms with Crippen LogP contribution >= 0.6 is 0 Å². The van der Waals surface area contributed by atoms with Gasteiger partial charge in [-0.05, 0) is 25.0 Å². The first-order valence-electron chi connectivity index (χ1n) is 6.36. The van der Waals surface area contributed by atoms with Gasteiger partial charge in [0.15, 0.2) is 0 Å². The summed E-state index contributed by atoms with van der Waals surface area (Å²) in [5, 5.41) is 2.74. The second-order valence-corrected chi connectivity index (χ2v) is 4.65. The molecule has 1 amide bonds. The number of aryl methyl sites for hydroxylation is 1. The number of carbonyl (C=O) groups is 1. The van der Waals surface area contributed by atoms with Crippen LogP contribution in [-0.4, -0.2) is 24.0 Å². The van der Waals surface area contributed by atoms with Gasteiger partial charge in [0.05, 0.1) is 12.7 Å². The average Bonchev–Trinajstić information content (AvgIpc) is 2.35. The Morgan fingerprint density at radius 1 is 1.42 bits per heavy atom. The van der Waals surface area contributed by atoms with E-state index in [1.165, 1.54) is 0 Å².